The Balaban J connectivity index is 2.21. The number of hydrogen-bond donors (Lipinski definition) is 0. The second-order valence-corrected chi connectivity index (χ2v) is 3.83. The summed E-state index contributed by atoms with van der Waals surface area (Å²) in [7, 11) is 1.53. The number of aldehydes is 1. The standard InChI is InChI=1S/C14H14O2/c1-16-14(11-15)9-7-13(8-10-14)12-5-3-2-4-6-12/h2-11,13H,1H3. The Morgan fingerprint density at radius 3 is 2.31 bits per heavy atom. The first kappa shape index (κ1) is 10.8. The summed E-state index contributed by atoms with van der Waals surface area (Å²) < 4.78 is 5.17. The minimum absolute atomic E-state index is 0.226. The summed E-state index contributed by atoms with van der Waals surface area (Å²) in [6.45, 7) is 0. The number of allylic oxidation sites excluding steroid dienone is 2. The third-order valence-corrected chi connectivity index (χ3v) is 2.85. The van der Waals surface area contributed by atoms with Crippen LogP contribution in [0.3, 0.4) is 0 Å². The van der Waals surface area contributed by atoms with Gasteiger partial charge in [-0.3, -0.25) is 4.79 Å². The number of carbonyl (C=O) groups is 1. The number of methoxy groups -OCH3 is 1. The van der Waals surface area contributed by atoms with Gasteiger partial charge < -0.3 is 4.74 Å². The molecule has 0 N–H and O–H groups in total. The largest absolute Gasteiger partial charge is 0.363 e. The number of ether oxygens (including phenoxy) is 1. The van der Waals surface area contributed by atoms with Crippen molar-refractivity contribution in [3.8, 4) is 0 Å². The third kappa shape index (κ3) is 1.97. The predicted molar refractivity (Wildman–Crippen MR) is 63.3 cm³/mol. The van der Waals surface area contributed by atoms with Gasteiger partial charge in [0.15, 0.2) is 11.9 Å². The lowest BCUT2D eigenvalue weighted by Gasteiger charge is -2.24. The van der Waals surface area contributed by atoms with Crippen LogP contribution >= 0.6 is 0 Å². The molecule has 1 aromatic rings. The Bertz CT molecular complexity index is 404. The van der Waals surface area contributed by atoms with Crippen molar-refractivity contribution < 1.29 is 9.53 Å². The SMILES string of the molecule is COC1(C=O)C=CC(c2ccccc2)C=C1. The molecule has 1 aliphatic rings. The summed E-state index contributed by atoms with van der Waals surface area (Å²) in [5.74, 6) is 0.226. The summed E-state index contributed by atoms with van der Waals surface area (Å²) in [5.41, 5.74) is 0.344. The lowest BCUT2D eigenvalue weighted by Crippen LogP contribution is -2.29. The zero-order valence-electron chi connectivity index (χ0n) is 9.17. The minimum atomic E-state index is -0.870. The van der Waals surface area contributed by atoms with Crippen molar-refractivity contribution in [1.82, 2.24) is 0 Å². The van der Waals surface area contributed by atoms with E-state index in [1.165, 1.54) is 12.7 Å². The van der Waals surface area contributed by atoms with Gasteiger partial charge in [0.25, 0.3) is 0 Å². The van der Waals surface area contributed by atoms with Crippen LogP contribution in [0.2, 0.25) is 0 Å². The molecule has 2 rings (SSSR count). The average Bonchev–Trinajstić information content (AvgIpc) is 2.40. The van der Waals surface area contributed by atoms with Gasteiger partial charge in [-0.05, 0) is 17.7 Å². The molecule has 0 aromatic heterocycles. The summed E-state index contributed by atoms with van der Waals surface area (Å²) in [6, 6.07) is 10.1. The number of hydrogen-bond acceptors (Lipinski definition) is 2. The molecule has 0 fully saturated rings. The Kier molecular flexibility index (Phi) is 3.02. The quantitative estimate of drug-likeness (QED) is 0.570. The lowest BCUT2D eigenvalue weighted by molar-refractivity contribution is -0.119. The van der Waals surface area contributed by atoms with Gasteiger partial charge in [-0.2, -0.15) is 0 Å². The molecular weight excluding hydrogens is 200 g/mol. The van der Waals surface area contributed by atoms with E-state index in [9.17, 15) is 4.79 Å². The molecule has 0 saturated carbocycles. The molecule has 0 radical (unpaired) electrons. The summed E-state index contributed by atoms with van der Waals surface area (Å²) in [6.07, 6.45) is 8.40. The van der Waals surface area contributed by atoms with Crippen molar-refractivity contribution in [2.45, 2.75) is 11.5 Å². The van der Waals surface area contributed by atoms with Crippen molar-refractivity contribution >= 4 is 6.29 Å². The molecule has 16 heavy (non-hydrogen) atoms. The smallest absolute Gasteiger partial charge is 0.159 e. The molecule has 0 bridgehead atoms. The first-order valence-corrected chi connectivity index (χ1v) is 5.25. The average molecular weight is 214 g/mol. The molecule has 82 valence electrons. The zero-order valence-corrected chi connectivity index (χ0v) is 9.17. The second kappa shape index (κ2) is 4.45. The van der Waals surface area contributed by atoms with Crippen LogP contribution in [-0.2, 0) is 9.53 Å². The summed E-state index contributed by atoms with van der Waals surface area (Å²) >= 11 is 0. The molecular formula is C14H14O2. The normalized spacial score (nSPS) is 27.9. The van der Waals surface area contributed by atoms with Crippen LogP contribution in [0, 0.1) is 0 Å². The fourth-order valence-electron chi connectivity index (χ4n) is 1.79. The van der Waals surface area contributed by atoms with E-state index in [2.05, 4.69) is 12.1 Å². The maximum Gasteiger partial charge on any atom is 0.159 e. The highest BCUT2D eigenvalue weighted by Gasteiger charge is 2.25. The van der Waals surface area contributed by atoms with E-state index < -0.39 is 5.60 Å². The van der Waals surface area contributed by atoms with E-state index in [1.54, 1.807) is 12.2 Å². The Labute approximate surface area is 95.2 Å². The Morgan fingerprint density at radius 2 is 1.81 bits per heavy atom. The van der Waals surface area contributed by atoms with E-state index in [0.29, 0.717) is 0 Å². The Hall–Kier alpha value is -1.67. The fourth-order valence-corrected chi connectivity index (χ4v) is 1.79. The van der Waals surface area contributed by atoms with Gasteiger partial charge in [0, 0.05) is 13.0 Å². The van der Waals surface area contributed by atoms with Crippen LogP contribution in [0.15, 0.2) is 54.6 Å². The molecule has 0 saturated heterocycles. The zero-order chi connectivity index (χ0) is 11.4. The molecule has 0 unspecified atom stereocenters. The van der Waals surface area contributed by atoms with Gasteiger partial charge in [0.2, 0.25) is 0 Å². The molecule has 0 heterocycles. The molecule has 0 aliphatic heterocycles. The van der Waals surface area contributed by atoms with E-state index in [-0.39, 0.29) is 5.92 Å². The van der Waals surface area contributed by atoms with Crippen molar-refractivity contribution in [3.05, 3.63) is 60.2 Å². The molecule has 0 amide bonds. The number of carbonyl (C=O) groups excluding carboxylic acids is 1. The van der Waals surface area contributed by atoms with Crippen molar-refractivity contribution in [1.29, 1.82) is 0 Å². The van der Waals surface area contributed by atoms with Gasteiger partial charge in [-0.1, -0.05) is 42.5 Å². The fraction of sp³-hybridized carbons (Fsp3) is 0.214. The van der Waals surface area contributed by atoms with E-state index >= 15 is 0 Å². The van der Waals surface area contributed by atoms with E-state index in [0.717, 1.165) is 6.29 Å². The van der Waals surface area contributed by atoms with Crippen LogP contribution < -0.4 is 0 Å². The molecule has 1 aromatic carbocycles. The summed E-state index contributed by atoms with van der Waals surface area (Å²) in [5, 5.41) is 0. The van der Waals surface area contributed by atoms with Crippen LogP contribution in [0.1, 0.15) is 11.5 Å². The third-order valence-electron chi connectivity index (χ3n) is 2.85. The van der Waals surface area contributed by atoms with Gasteiger partial charge in [0.1, 0.15) is 0 Å². The van der Waals surface area contributed by atoms with Crippen LogP contribution in [0.25, 0.3) is 0 Å². The first-order chi connectivity index (χ1) is 7.79. The highest BCUT2D eigenvalue weighted by atomic mass is 16.5. The molecule has 0 atom stereocenters. The highest BCUT2D eigenvalue weighted by Crippen LogP contribution is 2.27. The molecule has 2 heteroatoms. The Morgan fingerprint density at radius 1 is 1.19 bits per heavy atom. The van der Waals surface area contributed by atoms with Crippen molar-refractivity contribution in [2.75, 3.05) is 7.11 Å². The molecule has 0 spiro atoms. The number of rotatable bonds is 3. The second-order valence-electron chi connectivity index (χ2n) is 3.83. The van der Waals surface area contributed by atoms with Gasteiger partial charge in [0.05, 0.1) is 0 Å². The van der Waals surface area contributed by atoms with Gasteiger partial charge in [-0.15, -0.1) is 0 Å². The van der Waals surface area contributed by atoms with Crippen LogP contribution in [0.5, 0.6) is 0 Å². The highest BCUT2D eigenvalue weighted by molar-refractivity contribution is 5.71. The van der Waals surface area contributed by atoms with Gasteiger partial charge >= 0.3 is 0 Å². The van der Waals surface area contributed by atoms with Crippen molar-refractivity contribution in [3.63, 3.8) is 0 Å². The van der Waals surface area contributed by atoms with Gasteiger partial charge in [-0.25, -0.2) is 0 Å². The topological polar surface area (TPSA) is 26.3 Å². The maximum atomic E-state index is 10.9. The molecule has 2 nitrogen and oxygen atoms in total. The lowest BCUT2D eigenvalue weighted by atomic mass is 9.89. The minimum Gasteiger partial charge on any atom is -0.363 e. The number of benzene rings is 1. The maximum absolute atomic E-state index is 10.9. The van der Waals surface area contributed by atoms with Crippen LogP contribution in [0.4, 0.5) is 0 Å². The molecule has 1 aliphatic carbocycles. The summed E-state index contributed by atoms with van der Waals surface area (Å²) in [4.78, 5) is 10.9. The monoisotopic (exact) mass is 214 g/mol. The van der Waals surface area contributed by atoms with Crippen molar-refractivity contribution in [2.24, 2.45) is 0 Å². The van der Waals surface area contributed by atoms with Crippen LogP contribution in [-0.4, -0.2) is 19.0 Å². The predicted octanol–water partition coefficient (Wildman–Crippen LogP) is 2.48. The first-order valence-electron chi connectivity index (χ1n) is 5.25. The van der Waals surface area contributed by atoms with E-state index in [1.807, 2.05) is 30.4 Å². The van der Waals surface area contributed by atoms with E-state index in [4.69, 9.17) is 4.74 Å².